The van der Waals surface area contributed by atoms with Gasteiger partial charge in [0.1, 0.15) is 0 Å². The molecule has 0 saturated carbocycles. The minimum Gasteiger partial charge on any atom is -0.372 e. The summed E-state index contributed by atoms with van der Waals surface area (Å²) in [7, 11) is 2.17. The van der Waals surface area contributed by atoms with Crippen molar-refractivity contribution in [1.82, 2.24) is 4.90 Å². The Morgan fingerprint density at radius 2 is 2.05 bits per heavy atom. The van der Waals surface area contributed by atoms with Gasteiger partial charge in [0.2, 0.25) is 0 Å². The number of hydrogen-bond acceptors (Lipinski definition) is 2. The van der Waals surface area contributed by atoms with E-state index < -0.39 is 0 Å². The molecule has 0 radical (unpaired) electrons. The lowest BCUT2D eigenvalue weighted by Gasteiger charge is -2.30. The fraction of sp³-hybridized carbons (Fsp3) is 0.556. The van der Waals surface area contributed by atoms with Crippen LogP contribution in [0.3, 0.4) is 0 Å². The average molecular weight is 289 g/mol. The Bertz CT molecular complexity index is 495. The first-order valence-corrected chi connectivity index (χ1v) is 8.71. The van der Waals surface area contributed by atoms with Crippen molar-refractivity contribution in [3.05, 3.63) is 39.7 Å². The monoisotopic (exact) mass is 289 g/mol. The van der Waals surface area contributed by atoms with Crippen LogP contribution in [0.15, 0.2) is 29.3 Å². The molecule has 1 aliphatic rings. The Labute approximate surface area is 128 Å². The fourth-order valence-electron chi connectivity index (χ4n) is 2.74. The molecule has 1 aromatic heterocycles. The molecule has 1 atom stereocenters. The van der Waals surface area contributed by atoms with Crippen LogP contribution in [0.4, 0.5) is 0 Å². The van der Waals surface area contributed by atoms with Gasteiger partial charge in [0.25, 0.3) is 0 Å². The van der Waals surface area contributed by atoms with Crippen molar-refractivity contribution in [1.29, 1.82) is 0 Å². The number of aryl methyl sites for hydroxylation is 1. The number of thiophene rings is 1. The van der Waals surface area contributed by atoms with Gasteiger partial charge in [0, 0.05) is 23.7 Å². The Balaban J connectivity index is 2.10. The zero-order valence-electron chi connectivity index (χ0n) is 13.3. The molecule has 2 heterocycles. The van der Waals surface area contributed by atoms with Gasteiger partial charge < -0.3 is 4.90 Å². The van der Waals surface area contributed by atoms with Gasteiger partial charge in [-0.15, -0.1) is 11.3 Å². The van der Waals surface area contributed by atoms with Crippen molar-refractivity contribution in [2.24, 2.45) is 0 Å². The first-order valence-electron chi connectivity index (χ1n) is 7.83. The van der Waals surface area contributed by atoms with Gasteiger partial charge in [0.15, 0.2) is 0 Å². The highest BCUT2D eigenvalue weighted by atomic mass is 32.1. The Hall–Kier alpha value is -1.02. The van der Waals surface area contributed by atoms with E-state index in [1.54, 1.807) is 0 Å². The zero-order chi connectivity index (χ0) is 14.5. The molecule has 0 aromatic carbocycles. The third-order valence-corrected chi connectivity index (χ3v) is 5.27. The summed E-state index contributed by atoms with van der Waals surface area (Å²) in [6.07, 6.45) is 11.3. The van der Waals surface area contributed by atoms with Crippen molar-refractivity contribution in [3.8, 4) is 0 Å². The standard InChI is InChI=1S/C18H27NS/c1-5-6-7-8-9-16-10-11-20-18(16)17-12-14(2)19(4)15(3)13-17/h10-14H,5-9H2,1-4H3. The second-order valence-corrected chi connectivity index (χ2v) is 6.76. The summed E-state index contributed by atoms with van der Waals surface area (Å²) in [6, 6.07) is 2.81. The van der Waals surface area contributed by atoms with E-state index in [2.05, 4.69) is 56.3 Å². The molecule has 0 amide bonds. The van der Waals surface area contributed by atoms with Gasteiger partial charge in [0.05, 0.1) is 0 Å². The molecule has 0 N–H and O–H groups in total. The first-order chi connectivity index (χ1) is 9.63. The van der Waals surface area contributed by atoms with E-state index in [-0.39, 0.29) is 0 Å². The minimum atomic E-state index is 0.491. The topological polar surface area (TPSA) is 3.24 Å². The molecule has 0 spiro atoms. The summed E-state index contributed by atoms with van der Waals surface area (Å²) in [5, 5.41) is 2.25. The van der Waals surface area contributed by atoms with Crippen molar-refractivity contribution >= 4 is 16.9 Å². The maximum absolute atomic E-state index is 2.40. The molecule has 0 aliphatic carbocycles. The molecule has 0 bridgehead atoms. The number of allylic oxidation sites excluding steroid dienone is 3. The first kappa shape index (κ1) is 15.4. The number of unbranched alkanes of at least 4 members (excludes halogenated alkanes) is 3. The smallest absolute Gasteiger partial charge is 0.0447 e. The Morgan fingerprint density at radius 3 is 2.75 bits per heavy atom. The van der Waals surface area contributed by atoms with Crippen LogP contribution < -0.4 is 0 Å². The van der Waals surface area contributed by atoms with Gasteiger partial charge in [-0.05, 0) is 55.3 Å². The van der Waals surface area contributed by atoms with Crippen molar-refractivity contribution in [2.45, 2.75) is 58.9 Å². The molecule has 1 unspecified atom stereocenters. The highest BCUT2D eigenvalue weighted by Gasteiger charge is 2.17. The second kappa shape index (κ2) is 7.12. The highest BCUT2D eigenvalue weighted by molar-refractivity contribution is 7.11. The summed E-state index contributed by atoms with van der Waals surface area (Å²) in [6.45, 7) is 6.75. The molecule has 1 aromatic rings. The normalized spacial score (nSPS) is 19.0. The predicted molar refractivity (Wildman–Crippen MR) is 91.1 cm³/mol. The van der Waals surface area contributed by atoms with E-state index in [9.17, 15) is 0 Å². The number of likely N-dealkylation sites (N-methyl/N-ethyl adjacent to an activating group) is 1. The Morgan fingerprint density at radius 1 is 1.25 bits per heavy atom. The fourth-order valence-corrected chi connectivity index (χ4v) is 3.69. The minimum absolute atomic E-state index is 0.491. The van der Waals surface area contributed by atoms with Gasteiger partial charge >= 0.3 is 0 Å². The van der Waals surface area contributed by atoms with Crippen LogP contribution in [-0.2, 0) is 6.42 Å². The summed E-state index contributed by atoms with van der Waals surface area (Å²) >= 11 is 1.89. The van der Waals surface area contributed by atoms with E-state index in [4.69, 9.17) is 0 Å². The maximum atomic E-state index is 2.40. The largest absolute Gasteiger partial charge is 0.372 e. The van der Waals surface area contributed by atoms with Crippen LogP contribution in [0.25, 0.3) is 5.57 Å². The molecule has 20 heavy (non-hydrogen) atoms. The summed E-state index contributed by atoms with van der Waals surface area (Å²) in [5.74, 6) is 0. The molecule has 1 aliphatic heterocycles. The van der Waals surface area contributed by atoms with Crippen LogP contribution in [0.1, 0.15) is 56.9 Å². The molecular weight excluding hydrogens is 262 g/mol. The lowest BCUT2D eigenvalue weighted by molar-refractivity contribution is 0.370. The average Bonchev–Trinajstić information content (AvgIpc) is 2.89. The van der Waals surface area contributed by atoms with E-state index in [1.165, 1.54) is 53.8 Å². The number of nitrogens with zero attached hydrogens (tertiary/aromatic N) is 1. The maximum Gasteiger partial charge on any atom is 0.0447 e. The number of hydrogen-bond donors (Lipinski definition) is 0. The van der Waals surface area contributed by atoms with Gasteiger partial charge in [-0.25, -0.2) is 0 Å². The lowest BCUT2D eigenvalue weighted by Crippen LogP contribution is -2.28. The Kier molecular flexibility index (Phi) is 5.47. The molecule has 0 fully saturated rings. The zero-order valence-corrected chi connectivity index (χ0v) is 14.1. The predicted octanol–water partition coefficient (Wildman–Crippen LogP) is 5.49. The second-order valence-electron chi connectivity index (χ2n) is 5.84. The van der Waals surface area contributed by atoms with Crippen LogP contribution >= 0.6 is 11.3 Å². The van der Waals surface area contributed by atoms with Gasteiger partial charge in [-0.3, -0.25) is 0 Å². The SMILES string of the molecule is CCCCCCc1ccsc1C1=CC(C)N(C)C(C)=C1. The van der Waals surface area contributed by atoms with Crippen LogP contribution in [0.2, 0.25) is 0 Å². The van der Waals surface area contributed by atoms with E-state index in [0.717, 1.165) is 0 Å². The third kappa shape index (κ3) is 3.54. The summed E-state index contributed by atoms with van der Waals surface area (Å²) in [4.78, 5) is 3.82. The molecule has 110 valence electrons. The summed E-state index contributed by atoms with van der Waals surface area (Å²) < 4.78 is 0. The van der Waals surface area contributed by atoms with Crippen LogP contribution in [-0.4, -0.2) is 18.0 Å². The quantitative estimate of drug-likeness (QED) is 0.626. The van der Waals surface area contributed by atoms with Crippen LogP contribution in [0, 0.1) is 0 Å². The van der Waals surface area contributed by atoms with Crippen molar-refractivity contribution in [2.75, 3.05) is 7.05 Å². The van der Waals surface area contributed by atoms with E-state index in [1.807, 2.05) is 11.3 Å². The molecule has 2 rings (SSSR count). The lowest BCUT2D eigenvalue weighted by atomic mass is 9.99. The van der Waals surface area contributed by atoms with Crippen molar-refractivity contribution in [3.63, 3.8) is 0 Å². The van der Waals surface area contributed by atoms with Crippen LogP contribution in [0.5, 0.6) is 0 Å². The molecular formula is C18H27NS. The number of rotatable bonds is 6. The molecule has 0 saturated heterocycles. The van der Waals surface area contributed by atoms with E-state index in [0.29, 0.717) is 6.04 Å². The van der Waals surface area contributed by atoms with Gasteiger partial charge in [-0.1, -0.05) is 32.3 Å². The summed E-state index contributed by atoms with van der Waals surface area (Å²) in [5.41, 5.74) is 4.33. The van der Waals surface area contributed by atoms with E-state index >= 15 is 0 Å². The third-order valence-electron chi connectivity index (χ3n) is 4.26. The molecule has 1 nitrogen and oxygen atoms in total. The van der Waals surface area contributed by atoms with Gasteiger partial charge in [-0.2, -0.15) is 0 Å². The van der Waals surface area contributed by atoms with Crippen molar-refractivity contribution < 1.29 is 0 Å². The highest BCUT2D eigenvalue weighted by Crippen LogP contribution is 2.32. The molecule has 2 heteroatoms.